The maximum Gasteiger partial charge on any atom is 0.268 e. The van der Waals surface area contributed by atoms with Crippen molar-refractivity contribution in [3.05, 3.63) is 88.5 Å². The molecule has 0 bridgehead atoms. The standard InChI is InChI=1S/C25H21N5O3S/c1-16-20-24(34-21(16)23-28-22(29-33-23)18-10-6-3-7-11-18)27-15-30(25(20)32)14-19(31)26-13-12-17-8-4-2-5-9-17/h2-11,15H,12-14H2,1H3,(H,26,31). The summed E-state index contributed by atoms with van der Waals surface area (Å²) in [4.78, 5) is 35.7. The average Bonchev–Trinajstić information content (AvgIpc) is 3.47. The van der Waals surface area contributed by atoms with E-state index in [0.29, 0.717) is 38.9 Å². The van der Waals surface area contributed by atoms with Crippen LogP contribution in [0.5, 0.6) is 0 Å². The molecule has 5 aromatic rings. The summed E-state index contributed by atoms with van der Waals surface area (Å²) in [7, 11) is 0. The van der Waals surface area contributed by atoms with E-state index in [1.54, 1.807) is 0 Å². The summed E-state index contributed by atoms with van der Waals surface area (Å²) in [6.45, 7) is 2.23. The highest BCUT2D eigenvalue weighted by Crippen LogP contribution is 2.35. The first-order valence-corrected chi connectivity index (χ1v) is 11.6. The second-order valence-electron chi connectivity index (χ2n) is 7.79. The van der Waals surface area contributed by atoms with E-state index in [0.717, 1.165) is 17.5 Å². The van der Waals surface area contributed by atoms with Crippen molar-refractivity contribution in [2.24, 2.45) is 0 Å². The SMILES string of the molecule is Cc1c(-c2nc(-c3ccccc3)no2)sc2ncn(CC(=O)NCCc3ccccc3)c(=O)c12. The van der Waals surface area contributed by atoms with Crippen molar-refractivity contribution < 1.29 is 9.32 Å². The predicted octanol–water partition coefficient (Wildman–Crippen LogP) is 3.84. The molecular formula is C25H21N5O3S. The van der Waals surface area contributed by atoms with Crippen LogP contribution < -0.4 is 10.9 Å². The first kappa shape index (κ1) is 21.7. The Morgan fingerprint density at radius 3 is 2.59 bits per heavy atom. The molecule has 3 aromatic heterocycles. The van der Waals surface area contributed by atoms with Crippen molar-refractivity contribution in [1.29, 1.82) is 0 Å². The van der Waals surface area contributed by atoms with Crippen LogP contribution in [-0.4, -0.2) is 32.1 Å². The third-order valence-corrected chi connectivity index (χ3v) is 6.65. The third kappa shape index (κ3) is 4.38. The van der Waals surface area contributed by atoms with Crippen LogP contribution >= 0.6 is 11.3 Å². The zero-order chi connectivity index (χ0) is 23.5. The monoisotopic (exact) mass is 471 g/mol. The molecular weight excluding hydrogens is 450 g/mol. The fraction of sp³-hybridized carbons (Fsp3) is 0.160. The largest absolute Gasteiger partial charge is 0.354 e. The van der Waals surface area contributed by atoms with Gasteiger partial charge in [0.1, 0.15) is 11.4 Å². The van der Waals surface area contributed by atoms with E-state index in [9.17, 15) is 9.59 Å². The van der Waals surface area contributed by atoms with Crippen molar-refractivity contribution in [1.82, 2.24) is 25.0 Å². The molecule has 34 heavy (non-hydrogen) atoms. The van der Waals surface area contributed by atoms with E-state index >= 15 is 0 Å². The van der Waals surface area contributed by atoms with Gasteiger partial charge in [0.15, 0.2) is 0 Å². The number of amides is 1. The van der Waals surface area contributed by atoms with Gasteiger partial charge in [0.05, 0.1) is 16.6 Å². The number of nitrogens with one attached hydrogen (secondary N) is 1. The molecule has 0 atom stereocenters. The molecule has 0 spiro atoms. The summed E-state index contributed by atoms with van der Waals surface area (Å²) in [6.07, 6.45) is 2.13. The van der Waals surface area contributed by atoms with E-state index in [1.807, 2.05) is 67.6 Å². The number of hydrogen-bond donors (Lipinski definition) is 1. The number of carbonyl (C=O) groups is 1. The minimum Gasteiger partial charge on any atom is -0.354 e. The third-order valence-electron chi connectivity index (χ3n) is 5.46. The number of thiophene rings is 1. The van der Waals surface area contributed by atoms with Gasteiger partial charge in [-0.25, -0.2) is 4.98 Å². The van der Waals surface area contributed by atoms with Gasteiger partial charge >= 0.3 is 0 Å². The first-order chi connectivity index (χ1) is 16.6. The molecule has 0 fully saturated rings. The molecule has 0 unspecified atom stereocenters. The lowest BCUT2D eigenvalue weighted by Crippen LogP contribution is -2.33. The smallest absolute Gasteiger partial charge is 0.268 e. The lowest BCUT2D eigenvalue weighted by atomic mass is 10.1. The van der Waals surface area contributed by atoms with Gasteiger partial charge in [-0.2, -0.15) is 4.98 Å². The fourth-order valence-corrected chi connectivity index (χ4v) is 4.76. The van der Waals surface area contributed by atoms with Crippen LogP contribution in [0.3, 0.4) is 0 Å². The Labute approximate surface area is 198 Å². The zero-order valence-electron chi connectivity index (χ0n) is 18.4. The summed E-state index contributed by atoms with van der Waals surface area (Å²) in [6, 6.07) is 19.4. The molecule has 0 saturated heterocycles. The summed E-state index contributed by atoms with van der Waals surface area (Å²) in [5, 5.41) is 7.39. The summed E-state index contributed by atoms with van der Waals surface area (Å²) in [5.41, 5.74) is 2.42. The van der Waals surface area contributed by atoms with Crippen LogP contribution in [0, 0.1) is 6.92 Å². The Kier molecular flexibility index (Phi) is 6.01. The minimum absolute atomic E-state index is 0.0973. The highest BCUT2D eigenvalue weighted by molar-refractivity contribution is 7.22. The fourth-order valence-electron chi connectivity index (χ4n) is 3.70. The van der Waals surface area contributed by atoms with E-state index in [2.05, 4.69) is 20.4 Å². The van der Waals surface area contributed by atoms with Gasteiger partial charge in [-0.05, 0) is 24.5 Å². The van der Waals surface area contributed by atoms with Crippen LogP contribution in [0.1, 0.15) is 11.1 Å². The number of benzene rings is 2. The van der Waals surface area contributed by atoms with Gasteiger partial charge in [-0.1, -0.05) is 65.8 Å². The number of carbonyl (C=O) groups excluding carboxylic acids is 1. The molecule has 0 aliphatic carbocycles. The molecule has 170 valence electrons. The summed E-state index contributed by atoms with van der Waals surface area (Å²) < 4.78 is 6.81. The van der Waals surface area contributed by atoms with E-state index < -0.39 is 0 Å². The average molecular weight is 472 g/mol. The quantitative estimate of drug-likeness (QED) is 0.387. The van der Waals surface area contributed by atoms with Gasteiger partial charge in [0.2, 0.25) is 11.7 Å². The van der Waals surface area contributed by atoms with Crippen LogP contribution in [-0.2, 0) is 17.8 Å². The Morgan fingerprint density at radius 1 is 1.09 bits per heavy atom. The van der Waals surface area contributed by atoms with E-state index in [4.69, 9.17) is 4.52 Å². The number of aromatic nitrogens is 4. The number of hydrogen-bond acceptors (Lipinski definition) is 7. The van der Waals surface area contributed by atoms with Crippen LogP contribution in [0.2, 0.25) is 0 Å². The van der Waals surface area contributed by atoms with E-state index in [-0.39, 0.29) is 18.0 Å². The number of fused-ring (bicyclic) bond motifs is 1. The molecule has 0 radical (unpaired) electrons. The molecule has 0 aliphatic rings. The van der Waals surface area contributed by atoms with Gasteiger partial charge in [0, 0.05) is 12.1 Å². The molecule has 0 aliphatic heterocycles. The van der Waals surface area contributed by atoms with Gasteiger partial charge in [0.25, 0.3) is 11.4 Å². The molecule has 5 rings (SSSR count). The number of nitrogens with zero attached hydrogens (tertiary/aromatic N) is 4. The van der Waals surface area contributed by atoms with Crippen LogP contribution in [0.25, 0.3) is 32.4 Å². The Hall–Kier alpha value is -4.11. The molecule has 3 heterocycles. The van der Waals surface area contributed by atoms with Gasteiger partial charge in [-0.3, -0.25) is 14.2 Å². The highest BCUT2D eigenvalue weighted by Gasteiger charge is 2.21. The lowest BCUT2D eigenvalue weighted by molar-refractivity contribution is -0.121. The molecule has 8 nitrogen and oxygen atoms in total. The zero-order valence-corrected chi connectivity index (χ0v) is 19.2. The van der Waals surface area contributed by atoms with Crippen molar-refractivity contribution in [3.8, 4) is 22.2 Å². The molecule has 1 N–H and O–H groups in total. The Morgan fingerprint density at radius 2 is 1.82 bits per heavy atom. The van der Waals surface area contributed by atoms with E-state index in [1.165, 1.54) is 22.2 Å². The van der Waals surface area contributed by atoms with Crippen molar-refractivity contribution in [3.63, 3.8) is 0 Å². The molecule has 9 heteroatoms. The Bertz CT molecular complexity index is 1510. The maximum absolute atomic E-state index is 13.1. The number of aryl methyl sites for hydroxylation is 1. The Balaban J connectivity index is 1.34. The second-order valence-corrected chi connectivity index (χ2v) is 8.79. The van der Waals surface area contributed by atoms with Gasteiger partial charge < -0.3 is 9.84 Å². The van der Waals surface area contributed by atoms with Crippen molar-refractivity contribution >= 4 is 27.5 Å². The second kappa shape index (κ2) is 9.40. The topological polar surface area (TPSA) is 103 Å². The van der Waals surface area contributed by atoms with Crippen LogP contribution in [0.4, 0.5) is 0 Å². The maximum atomic E-state index is 13.1. The molecule has 1 amide bonds. The van der Waals surface area contributed by atoms with Gasteiger partial charge in [-0.15, -0.1) is 11.3 Å². The lowest BCUT2D eigenvalue weighted by Gasteiger charge is -2.07. The first-order valence-electron chi connectivity index (χ1n) is 10.8. The predicted molar refractivity (Wildman–Crippen MR) is 131 cm³/mol. The van der Waals surface area contributed by atoms with Crippen molar-refractivity contribution in [2.75, 3.05) is 6.54 Å². The number of rotatable bonds is 7. The molecule has 0 saturated carbocycles. The molecule has 2 aromatic carbocycles. The highest BCUT2D eigenvalue weighted by atomic mass is 32.1. The normalized spacial score (nSPS) is 11.1. The summed E-state index contributed by atoms with van der Waals surface area (Å²) in [5.74, 6) is 0.575. The minimum atomic E-state index is -0.272. The summed E-state index contributed by atoms with van der Waals surface area (Å²) >= 11 is 1.32. The van der Waals surface area contributed by atoms with Crippen molar-refractivity contribution in [2.45, 2.75) is 19.9 Å². The van der Waals surface area contributed by atoms with Crippen LogP contribution in [0.15, 0.2) is 76.3 Å².